The third kappa shape index (κ3) is 3.40. The van der Waals surface area contributed by atoms with Gasteiger partial charge in [0.15, 0.2) is 0 Å². The number of halogens is 1. The molecule has 4 aliphatic rings. The van der Waals surface area contributed by atoms with Crippen LogP contribution in [0.4, 0.5) is 10.1 Å². The highest BCUT2D eigenvalue weighted by atomic mass is 32.2. The molecule has 2 aromatic carbocycles. The Morgan fingerprint density at radius 2 is 1.79 bits per heavy atom. The number of ether oxygens (including phenoxy) is 1. The van der Waals surface area contributed by atoms with Crippen molar-refractivity contribution in [1.82, 2.24) is 9.21 Å². The van der Waals surface area contributed by atoms with E-state index in [4.69, 9.17) is 4.74 Å². The number of anilines is 1. The molecule has 0 N–H and O–H groups in total. The third-order valence-electron chi connectivity index (χ3n) is 7.94. The van der Waals surface area contributed by atoms with Gasteiger partial charge in [-0.15, -0.1) is 0 Å². The largest absolute Gasteiger partial charge is 0.490 e. The third-order valence-corrected chi connectivity index (χ3v) is 9.77. The number of hydrogen-bond acceptors (Lipinski definition) is 5. The number of likely N-dealkylation sites (tertiary alicyclic amines) is 1. The summed E-state index contributed by atoms with van der Waals surface area (Å²) in [6.45, 7) is 3.22. The number of nitrogens with zero attached hydrogens (tertiary/aromatic N) is 3. The summed E-state index contributed by atoms with van der Waals surface area (Å²) < 4.78 is 47.8. The second-order valence-electron chi connectivity index (χ2n) is 10.0. The van der Waals surface area contributed by atoms with Crippen molar-refractivity contribution in [2.24, 2.45) is 11.8 Å². The zero-order chi connectivity index (χ0) is 23.7. The van der Waals surface area contributed by atoms with Crippen LogP contribution < -0.4 is 9.64 Å². The van der Waals surface area contributed by atoms with Crippen molar-refractivity contribution in [3.8, 4) is 5.75 Å². The highest BCUT2D eigenvalue weighted by Gasteiger charge is 2.56. The van der Waals surface area contributed by atoms with Crippen LogP contribution in [0, 0.1) is 17.7 Å². The van der Waals surface area contributed by atoms with E-state index in [9.17, 15) is 17.6 Å². The number of benzene rings is 2. The molecule has 1 saturated carbocycles. The molecule has 1 aliphatic carbocycles. The first-order chi connectivity index (χ1) is 16.3. The van der Waals surface area contributed by atoms with E-state index in [0.29, 0.717) is 45.1 Å². The first kappa shape index (κ1) is 21.9. The van der Waals surface area contributed by atoms with Gasteiger partial charge in [0.25, 0.3) is 0 Å². The lowest BCUT2D eigenvalue weighted by molar-refractivity contribution is -0.133. The number of rotatable bonds is 4. The van der Waals surface area contributed by atoms with Gasteiger partial charge in [0.05, 0.1) is 22.5 Å². The molecular weight excluding hydrogens is 457 g/mol. The van der Waals surface area contributed by atoms with Crippen molar-refractivity contribution in [1.29, 1.82) is 0 Å². The summed E-state index contributed by atoms with van der Waals surface area (Å²) in [6.07, 6.45) is 1.47. The van der Waals surface area contributed by atoms with Crippen LogP contribution in [0.2, 0.25) is 0 Å². The molecule has 3 heterocycles. The second-order valence-corrected chi connectivity index (χ2v) is 12.0. The van der Waals surface area contributed by atoms with Crippen molar-refractivity contribution in [2.75, 3.05) is 51.3 Å². The normalized spacial score (nSPS) is 25.6. The summed E-state index contributed by atoms with van der Waals surface area (Å²) in [5.41, 5.74) is 0.930. The predicted molar refractivity (Wildman–Crippen MR) is 125 cm³/mol. The summed E-state index contributed by atoms with van der Waals surface area (Å²) in [5, 5.41) is 0. The maximum absolute atomic E-state index is 13.8. The molecule has 2 atom stereocenters. The van der Waals surface area contributed by atoms with Crippen molar-refractivity contribution >= 4 is 21.6 Å². The van der Waals surface area contributed by atoms with Crippen LogP contribution in [-0.2, 0) is 20.2 Å². The van der Waals surface area contributed by atoms with Crippen LogP contribution in [0.5, 0.6) is 5.75 Å². The molecule has 9 heteroatoms. The molecule has 3 aliphatic heterocycles. The average molecular weight is 486 g/mol. The maximum atomic E-state index is 13.8. The molecule has 0 radical (unpaired) electrons. The Hall–Kier alpha value is -2.65. The fraction of sp³-hybridized carbons (Fsp3) is 0.480. The van der Waals surface area contributed by atoms with Gasteiger partial charge in [0.2, 0.25) is 15.9 Å². The molecule has 34 heavy (non-hydrogen) atoms. The first-order valence-corrected chi connectivity index (χ1v) is 13.3. The Bertz CT molecular complexity index is 1250. The predicted octanol–water partition coefficient (Wildman–Crippen LogP) is 2.47. The van der Waals surface area contributed by atoms with Gasteiger partial charge in [-0.05, 0) is 60.6 Å². The maximum Gasteiger partial charge on any atom is 0.243 e. The molecule has 6 rings (SSSR count). The lowest BCUT2D eigenvalue weighted by Gasteiger charge is -2.29. The molecule has 2 aromatic rings. The SMILES string of the molecule is CN1CCOc2ccc(S(=O)(=O)N3CC4CN(C(=O)C5(c6cccc(F)c6)CC5)CC4C3)cc21. The summed E-state index contributed by atoms with van der Waals surface area (Å²) in [6, 6.07) is 11.4. The van der Waals surface area contributed by atoms with Gasteiger partial charge in [-0.3, -0.25) is 4.79 Å². The van der Waals surface area contributed by atoms with Gasteiger partial charge in [-0.25, -0.2) is 12.8 Å². The Labute approximate surface area is 199 Å². The Kier molecular flexibility index (Phi) is 4.94. The minimum Gasteiger partial charge on any atom is -0.490 e. The Balaban J connectivity index is 1.16. The number of amides is 1. The van der Waals surface area contributed by atoms with Crippen LogP contribution in [0.15, 0.2) is 47.4 Å². The van der Waals surface area contributed by atoms with Crippen LogP contribution in [0.1, 0.15) is 18.4 Å². The molecule has 1 amide bonds. The summed E-state index contributed by atoms with van der Waals surface area (Å²) in [5.74, 6) is 0.666. The second kappa shape index (κ2) is 7.68. The molecule has 3 fully saturated rings. The average Bonchev–Trinajstić information content (AvgIpc) is 3.38. The Morgan fingerprint density at radius 1 is 1.06 bits per heavy atom. The molecule has 0 aromatic heterocycles. The van der Waals surface area contributed by atoms with Gasteiger partial charge < -0.3 is 14.5 Å². The van der Waals surface area contributed by atoms with E-state index in [2.05, 4.69) is 0 Å². The number of hydrogen-bond donors (Lipinski definition) is 0. The zero-order valence-electron chi connectivity index (χ0n) is 19.1. The van der Waals surface area contributed by atoms with Gasteiger partial charge in [-0.2, -0.15) is 4.31 Å². The van der Waals surface area contributed by atoms with E-state index in [1.54, 1.807) is 28.6 Å². The minimum absolute atomic E-state index is 0.0552. The fourth-order valence-electron chi connectivity index (χ4n) is 5.79. The van der Waals surface area contributed by atoms with Gasteiger partial charge in [0.1, 0.15) is 18.2 Å². The molecular formula is C25H28FN3O4S. The molecule has 7 nitrogen and oxygen atoms in total. The number of carbonyl (C=O) groups is 1. The lowest BCUT2D eigenvalue weighted by Crippen LogP contribution is -2.40. The fourth-order valence-corrected chi connectivity index (χ4v) is 7.37. The number of sulfonamides is 1. The summed E-state index contributed by atoms with van der Waals surface area (Å²) >= 11 is 0. The van der Waals surface area contributed by atoms with Crippen molar-refractivity contribution in [2.45, 2.75) is 23.2 Å². The summed E-state index contributed by atoms with van der Waals surface area (Å²) in [4.78, 5) is 17.6. The van der Waals surface area contributed by atoms with Crippen LogP contribution in [0.3, 0.4) is 0 Å². The van der Waals surface area contributed by atoms with Crippen molar-refractivity contribution < 1.29 is 22.3 Å². The van der Waals surface area contributed by atoms with Crippen molar-refractivity contribution in [3.05, 3.63) is 53.8 Å². The van der Waals surface area contributed by atoms with Crippen molar-refractivity contribution in [3.63, 3.8) is 0 Å². The quantitative estimate of drug-likeness (QED) is 0.666. The molecule has 180 valence electrons. The summed E-state index contributed by atoms with van der Waals surface area (Å²) in [7, 11) is -1.70. The molecule has 0 spiro atoms. The Morgan fingerprint density at radius 3 is 2.47 bits per heavy atom. The number of fused-ring (bicyclic) bond motifs is 2. The van der Waals surface area contributed by atoms with Crippen LogP contribution in [-0.4, -0.2) is 69.9 Å². The van der Waals surface area contributed by atoms with E-state index >= 15 is 0 Å². The highest BCUT2D eigenvalue weighted by Crippen LogP contribution is 2.51. The molecule has 2 unspecified atom stereocenters. The van der Waals surface area contributed by atoms with E-state index in [1.165, 1.54) is 12.1 Å². The topological polar surface area (TPSA) is 70.2 Å². The van der Waals surface area contributed by atoms with E-state index in [1.807, 2.05) is 22.9 Å². The lowest BCUT2D eigenvalue weighted by atomic mass is 9.94. The monoisotopic (exact) mass is 485 g/mol. The smallest absolute Gasteiger partial charge is 0.243 e. The van der Waals surface area contributed by atoms with E-state index in [0.717, 1.165) is 24.1 Å². The molecule has 0 bridgehead atoms. The number of carbonyl (C=O) groups excluding carboxylic acids is 1. The van der Waals surface area contributed by atoms with Gasteiger partial charge in [0, 0.05) is 33.2 Å². The first-order valence-electron chi connectivity index (χ1n) is 11.8. The highest BCUT2D eigenvalue weighted by molar-refractivity contribution is 7.89. The number of likely N-dealkylation sites (N-methyl/N-ethyl adjacent to an activating group) is 1. The van der Waals surface area contributed by atoms with E-state index < -0.39 is 15.4 Å². The minimum atomic E-state index is -3.63. The standard InChI is InChI=1S/C25H28FN3O4S/c1-27-9-10-33-23-6-5-21(12-22(23)27)34(31,32)29-15-17-13-28(14-18(17)16-29)24(30)25(7-8-25)19-3-2-4-20(26)11-19/h2-6,11-12,17-18H,7-10,13-16H2,1H3. The molecule has 2 saturated heterocycles. The van der Waals surface area contributed by atoms with Crippen LogP contribution >= 0.6 is 0 Å². The van der Waals surface area contributed by atoms with Gasteiger partial charge >= 0.3 is 0 Å². The van der Waals surface area contributed by atoms with E-state index in [-0.39, 0.29) is 28.5 Å². The van der Waals surface area contributed by atoms with Gasteiger partial charge in [-0.1, -0.05) is 12.1 Å². The van der Waals surface area contributed by atoms with Crippen LogP contribution in [0.25, 0.3) is 0 Å². The zero-order valence-corrected chi connectivity index (χ0v) is 19.9.